The number of amides is 1. The highest BCUT2D eigenvalue weighted by atomic mass is 32.1. The molecule has 0 saturated carbocycles. The largest absolute Gasteiger partial charge is 0.497 e. The summed E-state index contributed by atoms with van der Waals surface area (Å²) in [6.45, 7) is 2.21. The van der Waals surface area contributed by atoms with E-state index in [0.29, 0.717) is 6.54 Å². The maximum absolute atomic E-state index is 12.7. The average Bonchev–Trinajstić information content (AvgIpc) is 3.62. The number of anilines is 1. The van der Waals surface area contributed by atoms with Gasteiger partial charge >= 0.3 is 0 Å². The number of ether oxygens (including phenoxy) is 1. The number of thiazole rings is 1. The van der Waals surface area contributed by atoms with Crippen LogP contribution in [0.2, 0.25) is 0 Å². The molecule has 7 nitrogen and oxygen atoms in total. The van der Waals surface area contributed by atoms with E-state index in [-0.39, 0.29) is 11.8 Å². The highest BCUT2D eigenvalue weighted by Crippen LogP contribution is 2.27. The Morgan fingerprint density at radius 3 is 2.60 bits per heavy atom. The maximum Gasteiger partial charge on any atom is 0.223 e. The van der Waals surface area contributed by atoms with E-state index in [1.165, 1.54) is 0 Å². The van der Waals surface area contributed by atoms with Crippen molar-refractivity contribution in [3.8, 4) is 26.9 Å². The van der Waals surface area contributed by atoms with E-state index in [2.05, 4.69) is 25.8 Å². The summed E-state index contributed by atoms with van der Waals surface area (Å²) in [7, 11) is 1.66. The molecule has 1 fully saturated rings. The van der Waals surface area contributed by atoms with Gasteiger partial charge < -0.3 is 15.0 Å². The number of hydrogen-bond donors (Lipinski definition) is 1. The molecule has 1 aliphatic rings. The van der Waals surface area contributed by atoms with E-state index in [1.807, 2.05) is 53.9 Å². The third-order valence-electron chi connectivity index (χ3n) is 6.18. The first-order valence-electron chi connectivity index (χ1n) is 11.7. The Labute approximate surface area is 212 Å². The van der Waals surface area contributed by atoms with Gasteiger partial charge in [-0.1, -0.05) is 6.07 Å². The van der Waals surface area contributed by atoms with Gasteiger partial charge in [0, 0.05) is 42.9 Å². The van der Waals surface area contributed by atoms with E-state index in [0.717, 1.165) is 70.8 Å². The molecular formula is C26H27N5O2S2. The lowest BCUT2D eigenvalue weighted by molar-refractivity contribution is -0.125. The molecule has 0 bridgehead atoms. The summed E-state index contributed by atoms with van der Waals surface area (Å²) in [4.78, 5) is 20.8. The molecule has 5 rings (SSSR count). The summed E-state index contributed by atoms with van der Waals surface area (Å²) >= 11 is 3.28. The Kier molecular flexibility index (Phi) is 7.34. The van der Waals surface area contributed by atoms with Crippen LogP contribution >= 0.6 is 22.7 Å². The molecule has 3 aromatic heterocycles. The number of carbonyl (C=O) groups excluding carboxylic acids is 1. The molecule has 4 heterocycles. The Morgan fingerprint density at radius 1 is 1.09 bits per heavy atom. The van der Waals surface area contributed by atoms with E-state index in [9.17, 15) is 4.79 Å². The van der Waals surface area contributed by atoms with Gasteiger partial charge in [-0.15, -0.1) is 32.9 Å². The number of benzene rings is 1. The van der Waals surface area contributed by atoms with Gasteiger partial charge in [0.05, 0.1) is 17.7 Å². The molecule has 1 N–H and O–H groups in total. The average molecular weight is 506 g/mol. The highest BCUT2D eigenvalue weighted by molar-refractivity contribution is 7.13. The van der Waals surface area contributed by atoms with Gasteiger partial charge in [0.25, 0.3) is 0 Å². The summed E-state index contributed by atoms with van der Waals surface area (Å²) < 4.78 is 5.22. The van der Waals surface area contributed by atoms with Crippen LogP contribution in [-0.2, 0) is 11.2 Å². The first-order chi connectivity index (χ1) is 17.2. The Bertz CT molecular complexity index is 1230. The standard InChI is InChI=1S/C26H27N5O2S2/c1-33-21-6-4-19(5-7-21)26-28-20(17-35-26)10-13-27-25(32)18-11-14-31(15-12-18)24-9-8-22(29-30-24)23-3-2-16-34-23/h2-9,16-18H,10-15H2,1H3,(H,27,32). The SMILES string of the molecule is COc1ccc(-c2nc(CCNC(=O)C3CCN(c4ccc(-c5cccs5)nn4)CC3)cs2)cc1. The van der Waals surface area contributed by atoms with Crippen molar-refractivity contribution >= 4 is 34.4 Å². The normalized spacial score (nSPS) is 14.1. The lowest BCUT2D eigenvalue weighted by Crippen LogP contribution is -2.41. The van der Waals surface area contributed by atoms with E-state index in [1.54, 1.807) is 29.8 Å². The van der Waals surface area contributed by atoms with Crippen LogP contribution in [0, 0.1) is 5.92 Å². The van der Waals surface area contributed by atoms with Gasteiger partial charge in [0.2, 0.25) is 5.91 Å². The van der Waals surface area contributed by atoms with Crippen LogP contribution in [0.25, 0.3) is 21.1 Å². The van der Waals surface area contributed by atoms with Crippen molar-refractivity contribution < 1.29 is 9.53 Å². The van der Waals surface area contributed by atoms with Gasteiger partial charge in [0.15, 0.2) is 5.82 Å². The minimum Gasteiger partial charge on any atom is -0.497 e. The molecule has 1 amide bonds. The zero-order valence-electron chi connectivity index (χ0n) is 19.5. The number of hydrogen-bond acceptors (Lipinski definition) is 8. The first kappa shape index (κ1) is 23.4. The second kappa shape index (κ2) is 11.0. The van der Waals surface area contributed by atoms with E-state index in [4.69, 9.17) is 9.72 Å². The second-order valence-electron chi connectivity index (χ2n) is 8.43. The van der Waals surface area contributed by atoms with Crippen molar-refractivity contribution in [2.45, 2.75) is 19.3 Å². The molecule has 9 heteroatoms. The molecule has 1 saturated heterocycles. The number of nitrogens with one attached hydrogen (secondary N) is 1. The zero-order valence-corrected chi connectivity index (χ0v) is 21.1. The summed E-state index contributed by atoms with van der Waals surface area (Å²) in [6.07, 6.45) is 2.36. The first-order valence-corrected chi connectivity index (χ1v) is 13.4. The van der Waals surface area contributed by atoms with Gasteiger partial charge in [-0.2, -0.15) is 0 Å². The van der Waals surface area contributed by atoms with Crippen molar-refractivity contribution in [2.24, 2.45) is 5.92 Å². The molecule has 180 valence electrons. The van der Waals surface area contributed by atoms with Crippen molar-refractivity contribution in [1.82, 2.24) is 20.5 Å². The molecule has 0 aliphatic carbocycles. The minimum atomic E-state index is 0.0369. The monoisotopic (exact) mass is 505 g/mol. The molecule has 4 aromatic rings. The number of methoxy groups -OCH3 is 1. The van der Waals surface area contributed by atoms with Crippen LogP contribution in [0.1, 0.15) is 18.5 Å². The molecule has 1 aliphatic heterocycles. The van der Waals surface area contributed by atoms with Crippen LogP contribution in [0.5, 0.6) is 5.75 Å². The molecular weight excluding hydrogens is 478 g/mol. The van der Waals surface area contributed by atoms with Gasteiger partial charge in [-0.05, 0) is 60.7 Å². The topological polar surface area (TPSA) is 80.2 Å². The number of thiophene rings is 1. The summed E-state index contributed by atoms with van der Waals surface area (Å²) in [5, 5.41) is 17.0. The van der Waals surface area contributed by atoms with Crippen molar-refractivity contribution in [2.75, 3.05) is 31.6 Å². The van der Waals surface area contributed by atoms with Crippen LogP contribution in [-0.4, -0.2) is 47.8 Å². The highest BCUT2D eigenvalue weighted by Gasteiger charge is 2.25. The summed E-state index contributed by atoms with van der Waals surface area (Å²) in [5.41, 5.74) is 2.97. The molecule has 0 atom stereocenters. The molecule has 35 heavy (non-hydrogen) atoms. The lowest BCUT2D eigenvalue weighted by atomic mass is 9.96. The zero-order chi connectivity index (χ0) is 24.0. The molecule has 1 aromatic carbocycles. The van der Waals surface area contributed by atoms with Gasteiger partial charge in [-0.3, -0.25) is 4.79 Å². The summed E-state index contributed by atoms with van der Waals surface area (Å²) in [6, 6.07) is 16.0. The maximum atomic E-state index is 12.7. The smallest absolute Gasteiger partial charge is 0.223 e. The third-order valence-corrected chi connectivity index (χ3v) is 8.02. The number of nitrogens with zero attached hydrogens (tertiary/aromatic N) is 4. The number of piperidine rings is 1. The van der Waals surface area contributed by atoms with Gasteiger partial charge in [-0.25, -0.2) is 4.98 Å². The molecule has 0 unspecified atom stereocenters. The fourth-order valence-electron chi connectivity index (χ4n) is 4.17. The van der Waals surface area contributed by atoms with Crippen molar-refractivity contribution in [3.05, 3.63) is 65.0 Å². The predicted octanol–water partition coefficient (Wildman–Crippen LogP) is 4.91. The van der Waals surface area contributed by atoms with Crippen LogP contribution in [0.3, 0.4) is 0 Å². The number of rotatable bonds is 8. The Morgan fingerprint density at radius 2 is 1.91 bits per heavy atom. The van der Waals surface area contributed by atoms with Crippen LogP contribution in [0.4, 0.5) is 5.82 Å². The van der Waals surface area contributed by atoms with E-state index >= 15 is 0 Å². The fraction of sp³-hybridized carbons (Fsp3) is 0.308. The Balaban J connectivity index is 1.06. The van der Waals surface area contributed by atoms with Gasteiger partial charge in [0.1, 0.15) is 16.5 Å². The Hall–Kier alpha value is -3.30. The second-order valence-corrected chi connectivity index (χ2v) is 10.2. The summed E-state index contributed by atoms with van der Waals surface area (Å²) in [5.74, 6) is 1.88. The minimum absolute atomic E-state index is 0.0369. The quantitative estimate of drug-likeness (QED) is 0.366. The third kappa shape index (κ3) is 5.68. The lowest BCUT2D eigenvalue weighted by Gasteiger charge is -2.31. The predicted molar refractivity (Wildman–Crippen MR) is 141 cm³/mol. The van der Waals surface area contributed by atoms with Crippen molar-refractivity contribution in [3.63, 3.8) is 0 Å². The molecule has 0 spiro atoms. The van der Waals surface area contributed by atoms with Crippen molar-refractivity contribution in [1.29, 1.82) is 0 Å². The fourth-order valence-corrected chi connectivity index (χ4v) is 5.72. The number of carbonyl (C=O) groups is 1. The van der Waals surface area contributed by atoms with E-state index < -0.39 is 0 Å². The molecule has 0 radical (unpaired) electrons. The number of aromatic nitrogens is 3. The van der Waals surface area contributed by atoms with Crippen LogP contribution < -0.4 is 15.0 Å². The van der Waals surface area contributed by atoms with Crippen LogP contribution in [0.15, 0.2) is 59.3 Å².